The topological polar surface area (TPSA) is 161 Å². The summed E-state index contributed by atoms with van der Waals surface area (Å²) < 4.78 is 10.1. The second-order valence-electron chi connectivity index (χ2n) is 8.79. The lowest BCUT2D eigenvalue weighted by molar-refractivity contribution is -0.384. The van der Waals surface area contributed by atoms with Crippen LogP contribution in [-0.2, 0) is 19.1 Å². The van der Waals surface area contributed by atoms with E-state index < -0.39 is 22.8 Å². The van der Waals surface area contributed by atoms with E-state index in [0.717, 1.165) is 24.7 Å². The maximum atomic E-state index is 13.4. The van der Waals surface area contributed by atoms with Crippen molar-refractivity contribution in [2.24, 2.45) is 5.73 Å². The number of nitriles is 1. The van der Waals surface area contributed by atoms with Crippen LogP contribution in [0.4, 0.5) is 22.7 Å². The van der Waals surface area contributed by atoms with Gasteiger partial charge in [-0.25, -0.2) is 9.59 Å². The lowest BCUT2D eigenvalue weighted by Gasteiger charge is -2.36. The summed E-state index contributed by atoms with van der Waals surface area (Å²) in [6, 6.07) is 21.9. The lowest BCUT2D eigenvalue weighted by Crippen LogP contribution is -2.41. The summed E-state index contributed by atoms with van der Waals surface area (Å²) in [4.78, 5) is 39.0. The molecule has 40 heavy (non-hydrogen) atoms. The van der Waals surface area contributed by atoms with Gasteiger partial charge in [-0.15, -0.1) is 0 Å². The van der Waals surface area contributed by atoms with Crippen molar-refractivity contribution < 1.29 is 24.0 Å². The zero-order valence-corrected chi connectivity index (χ0v) is 21.9. The quantitative estimate of drug-likeness (QED) is 0.248. The second-order valence-corrected chi connectivity index (χ2v) is 8.79. The number of nitrogens with one attached hydrogen (secondary N) is 1. The number of benzene rings is 3. The zero-order chi connectivity index (χ0) is 29.0. The molecule has 3 aromatic rings. The van der Waals surface area contributed by atoms with Crippen molar-refractivity contribution in [1.82, 2.24) is 0 Å². The van der Waals surface area contributed by atoms with Crippen molar-refractivity contribution in [2.45, 2.75) is 12.8 Å². The van der Waals surface area contributed by atoms with E-state index in [0.29, 0.717) is 16.9 Å². The number of esters is 2. The van der Waals surface area contributed by atoms with E-state index in [2.05, 4.69) is 11.4 Å². The zero-order valence-electron chi connectivity index (χ0n) is 21.9. The molecule has 11 nitrogen and oxygen atoms in total. The predicted molar refractivity (Wildman–Crippen MR) is 147 cm³/mol. The summed E-state index contributed by atoms with van der Waals surface area (Å²) in [6.07, 6.45) is 0. The van der Waals surface area contributed by atoms with Crippen LogP contribution in [-0.4, -0.2) is 31.1 Å². The average molecular weight is 540 g/mol. The highest BCUT2D eigenvalue weighted by Crippen LogP contribution is 2.46. The van der Waals surface area contributed by atoms with Crippen molar-refractivity contribution in [3.8, 4) is 6.07 Å². The van der Waals surface area contributed by atoms with Gasteiger partial charge in [0.1, 0.15) is 11.5 Å². The maximum Gasteiger partial charge on any atom is 0.355 e. The highest BCUT2D eigenvalue weighted by atomic mass is 16.6. The molecule has 0 aromatic heterocycles. The first-order chi connectivity index (χ1) is 19.2. The smallest absolute Gasteiger partial charge is 0.355 e. The Kier molecular flexibility index (Phi) is 7.81. The lowest BCUT2D eigenvalue weighted by atomic mass is 9.81. The first kappa shape index (κ1) is 27.4. The number of hydrogen-bond donors (Lipinski definition) is 2. The Balaban J connectivity index is 2.08. The number of aryl methyl sites for hydroxylation is 1. The number of anilines is 3. The molecule has 3 aromatic carbocycles. The molecule has 0 amide bonds. The Morgan fingerprint density at radius 1 is 1.02 bits per heavy atom. The van der Waals surface area contributed by atoms with E-state index in [1.807, 2.05) is 25.1 Å². The molecule has 202 valence electrons. The minimum atomic E-state index is -1.07. The number of nitro groups is 1. The number of non-ortho nitro benzene ring substituents is 1. The highest BCUT2D eigenvalue weighted by Gasteiger charge is 2.43. The molecule has 0 aliphatic carbocycles. The van der Waals surface area contributed by atoms with Crippen LogP contribution in [0.5, 0.6) is 0 Å². The van der Waals surface area contributed by atoms with Crippen molar-refractivity contribution in [3.63, 3.8) is 0 Å². The second kappa shape index (κ2) is 11.4. The molecular weight excluding hydrogens is 514 g/mol. The number of hydrogen-bond acceptors (Lipinski definition) is 10. The SMILES string of the molecule is COC(=O)C1=C(C(=O)OC)N(c2cc([N+](=O)[O-])ccc2Nc2cccc(C)c2)C(N)=C(C#N)C1c1ccccc1. The Bertz CT molecular complexity index is 1610. The molecule has 0 saturated heterocycles. The van der Waals surface area contributed by atoms with Gasteiger partial charge < -0.3 is 20.5 Å². The van der Waals surface area contributed by atoms with Crippen LogP contribution in [0.1, 0.15) is 17.0 Å². The number of nitrogens with two attached hydrogens (primary N) is 1. The third-order valence-electron chi connectivity index (χ3n) is 6.34. The monoisotopic (exact) mass is 539 g/mol. The van der Waals surface area contributed by atoms with Gasteiger partial charge in [-0.05, 0) is 36.2 Å². The first-order valence-electron chi connectivity index (χ1n) is 12.0. The number of carbonyl (C=O) groups excluding carboxylic acids is 2. The molecule has 1 heterocycles. The normalized spacial score (nSPS) is 14.8. The fraction of sp³-hybridized carbons (Fsp3) is 0.138. The number of nitrogens with zero attached hydrogens (tertiary/aromatic N) is 3. The van der Waals surface area contributed by atoms with Gasteiger partial charge in [0.15, 0.2) is 0 Å². The Hall–Kier alpha value is -5.63. The molecule has 11 heteroatoms. The van der Waals surface area contributed by atoms with Gasteiger partial charge in [0.2, 0.25) is 0 Å². The third kappa shape index (κ3) is 5.06. The molecule has 0 fully saturated rings. The van der Waals surface area contributed by atoms with Gasteiger partial charge in [-0.2, -0.15) is 5.26 Å². The Labute approximate surface area is 229 Å². The molecule has 1 unspecified atom stereocenters. The fourth-order valence-corrected chi connectivity index (χ4v) is 4.57. The van der Waals surface area contributed by atoms with Crippen LogP contribution in [0.15, 0.2) is 95.5 Å². The number of nitro benzene ring substituents is 1. The molecule has 0 saturated carbocycles. The maximum absolute atomic E-state index is 13.4. The highest BCUT2D eigenvalue weighted by molar-refractivity contribution is 6.07. The van der Waals surface area contributed by atoms with Crippen LogP contribution in [0.25, 0.3) is 0 Å². The van der Waals surface area contributed by atoms with Gasteiger partial charge in [-0.3, -0.25) is 15.0 Å². The van der Waals surface area contributed by atoms with Crippen molar-refractivity contribution >= 4 is 34.7 Å². The Morgan fingerprint density at radius 3 is 2.33 bits per heavy atom. The minimum absolute atomic E-state index is 0.0364. The summed E-state index contributed by atoms with van der Waals surface area (Å²) >= 11 is 0. The molecule has 0 spiro atoms. The molecule has 1 aliphatic rings. The molecule has 4 rings (SSSR count). The number of allylic oxidation sites excluding steroid dienone is 1. The number of methoxy groups -OCH3 is 2. The molecule has 0 bridgehead atoms. The summed E-state index contributed by atoms with van der Waals surface area (Å²) in [7, 11) is 2.27. The van der Waals surface area contributed by atoms with E-state index >= 15 is 0 Å². The van der Waals surface area contributed by atoms with Gasteiger partial charge in [-0.1, -0.05) is 42.5 Å². The van der Waals surface area contributed by atoms with E-state index in [1.54, 1.807) is 36.4 Å². The summed E-state index contributed by atoms with van der Waals surface area (Å²) in [6.45, 7) is 1.90. The van der Waals surface area contributed by atoms with Gasteiger partial charge >= 0.3 is 11.9 Å². The molecule has 1 aliphatic heterocycles. The van der Waals surface area contributed by atoms with Crippen LogP contribution in [0.2, 0.25) is 0 Å². The first-order valence-corrected chi connectivity index (χ1v) is 12.0. The van der Waals surface area contributed by atoms with Crippen molar-refractivity contribution in [1.29, 1.82) is 5.26 Å². The third-order valence-corrected chi connectivity index (χ3v) is 6.34. The molecule has 1 atom stereocenters. The van der Waals surface area contributed by atoms with Crippen LogP contribution in [0, 0.1) is 28.4 Å². The van der Waals surface area contributed by atoms with E-state index in [-0.39, 0.29) is 34.0 Å². The fourth-order valence-electron chi connectivity index (χ4n) is 4.57. The van der Waals surface area contributed by atoms with Crippen LogP contribution >= 0.6 is 0 Å². The van der Waals surface area contributed by atoms with Crippen LogP contribution in [0.3, 0.4) is 0 Å². The standard InChI is InChI=1S/C29H25N5O6/c1-17-8-7-11-19(14-17)32-22-13-12-20(34(37)38)15-23(22)33-26(29(36)40-3)25(28(35)39-2)24(21(16-30)27(33)31)18-9-5-4-6-10-18/h4-15,24,32H,31H2,1-3H3. The summed E-state index contributed by atoms with van der Waals surface area (Å²) in [5.41, 5.74) is 8.10. The summed E-state index contributed by atoms with van der Waals surface area (Å²) in [5, 5.41) is 25.2. The van der Waals surface area contributed by atoms with Gasteiger partial charge in [0, 0.05) is 17.8 Å². The molecular formula is C29H25N5O6. The number of rotatable bonds is 7. The summed E-state index contributed by atoms with van der Waals surface area (Å²) in [5.74, 6) is -3.15. The Morgan fingerprint density at radius 2 is 1.73 bits per heavy atom. The van der Waals surface area contributed by atoms with Crippen molar-refractivity contribution in [2.75, 3.05) is 24.4 Å². The number of carbonyl (C=O) groups is 2. The number of ether oxygens (including phenoxy) is 2. The van der Waals surface area contributed by atoms with E-state index in [4.69, 9.17) is 15.2 Å². The van der Waals surface area contributed by atoms with Gasteiger partial charge in [0.05, 0.1) is 53.7 Å². The largest absolute Gasteiger partial charge is 0.466 e. The van der Waals surface area contributed by atoms with Gasteiger partial charge in [0.25, 0.3) is 5.69 Å². The minimum Gasteiger partial charge on any atom is -0.466 e. The van der Waals surface area contributed by atoms with E-state index in [1.165, 1.54) is 18.2 Å². The van der Waals surface area contributed by atoms with E-state index in [9.17, 15) is 25.0 Å². The predicted octanol–water partition coefficient (Wildman–Crippen LogP) is 4.54. The average Bonchev–Trinajstić information content (AvgIpc) is 2.96. The van der Waals surface area contributed by atoms with Crippen molar-refractivity contribution in [3.05, 3.63) is 117 Å². The molecule has 3 N–H and O–H groups in total. The van der Waals surface area contributed by atoms with Crippen LogP contribution < -0.4 is 16.0 Å². The molecule has 0 radical (unpaired) electrons.